The Hall–Kier alpha value is -3.73. The molecule has 3 aromatic carbocycles. The number of aromatic nitrogens is 3. The van der Waals surface area contributed by atoms with E-state index < -0.39 is 0 Å². The van der Waals surface area contributed by atoms with Crippen molar-refractivity contribution in [2.24, 2.45) is 0 Å². The summed E-state index contributed by atoms with van der Waals surface area (Å²) in [6.07, 6.45) is 1.51. The van der Waals surface area contributed by atoms with Gasteiger partial charge in [0.05, 0.1) is 5.69 Å². The quantitative estimate of drug-likeness (QED) is 0.503. The molecule has 1 amide bonds. The first-order valence-electron chi connectivity index (χ1n) is 10.0. The highest BCUT2D eigenvalue weighted by Crippen LogP contribution is 2.16. The molecule has 0 bridgehead atoms. The highest BCUT2D eigenvalue weighted by atomic mass is 16.2. The van der Waals surface area contributed by atoms with Crippen LogP contribution in [0.5, 0.6) is 0 Å². The Morgan fingerprint density at radius 1 is 0.867 bits per heavy atom. The zero-order chi connectivity index (χ0) is 20.9. The molecule has 4 rings (SSSR count). The van der Waals surface area contributed by atoms with Gasteiger partial charge in [-0.3, -0.25) is 4.79 Å². The van der Waals surface area contributed by atoms with Crippen molar-refractivity contribution in [1.82, 2.24) is 14.8 Å². The summed E-state index contributed by atoms with van der Waals surface area (Å²) in [5.41, 5.74) is 5.05. The summed E-state index contributed by atoms with van der Waals surface area (Å²) in [7, 11) is 0. The number of carbonyl (C=O) groups excluding carboxylic acids is 1. The standard InChI is InChI=1S/C25H24N4O/c1-18-15-19(2)17-21(16-18)26-25(30)24-27-23(14-13-20-9-5-3-6-10-20)29(28-24)22-11-7-4-8-12-22/h3-12,15-17H,13-14H2,1-2H3,(H,26,30). The molecule has 150 valence electrons. The number of amides is 1. The maximum Gasteiger partial charge on any atom is 0.295 e. The van der Waals surface area contributed by atoms with Gasteiger partial charge < -0.3 is 5.32 Å². The van der Waals surface area contributed by atoms with Gasteiger partial charge in [0.1, 0.15) is 5.82 Å². The van der Waals surface area contributed by atoms with Crippen molar-refractivity contribution in [3.8, 4) is 5.69 Å². The summed E-state index contributed by atoms with van der Waals surface area (Å²) in [5, 5.41) is 7.46. The van der Waals surface area contributed by atoms with Crippen LogP contribution >= 0.6 is 0 Å². The van der Waals surface area contributed by atoms with Crippen LogP contribution < -0.4 is 5.32 Å². The SMILES string of the molecule is Cc1cc(C)cc(NC(=O)c2nc(CCc3ccccc3)n(-c3ccccc3)n2)c1. The van der Waals surface area contributed by atoms with Gasteiger partial charge in [-0.25, -0.2) is 9.67 Å². The van der Waals surface area contributed by atoms with Crippen LogP contribution in [0.15, 0.2) is 78.9 Å². The second kappa shape index (κ2) is 8.74. The van der Waals surface area contributed by atoms with Crippen molar-refractivity contribution in [3.05, 3.63) is 107 Å². The summed E-state index contributed by atoms with van der Waals surface area (Å²) in [4.78, 5) is 17.4. The van der Waals surface area contributed by atoms with Crippen LogP contribution in [0.25, 0.3) is 5.69 Å². The molecule has 4 aromatic rings. The molecule has 5 nitrogen and oxygen atoms in total. The lowest BCUT2D eigenvalue weighted by Crippen LogP contribution is -2.14. The minimum atomic E-state index is -0.310. The van der Waals surface area contributed by atoms with Gasteiger partial charge in [-0.2, -0.15) is 0 Å². The first kappa shape index (κ1) is 19.6. The average molecular weight is 396 g/mol. The first-order chi connectivity index (χ1) is 14.6. The van der Waals surface area contributed by atoms with E-state index in [-0.39, 0.29) is 11.7 Å². The van der Waals surface area contributed by atoms with Gasteiger partial charge in [-0.15, -0.1) is 5.10 Å². The number of hydrogen-bond donors (Lipinski definition) is 1. The third-order valence-electron chi connectivity index (χ3n) is 4.84. The van der Waals surface area contributed by atoms with Gasteiger partial charge in [-0.05, 0) is 61.2 Å². The minimum absolute atomic E-state index is 0.168. The van der Waals surface area contributed by atoms with E-state index in [1.165, 1.54) is 5.56 Å². The van der Waals surface area contributed by atoms with Gasteiger partial charge in [0.2, 0.25) is 5.82 Å². The molecule has 0 aliphatic carbocycles. The Balaban J connectivity index is 1.61. The number of nitrogens with zero attached hydrogens (tertiary/aromatic N) is 3. The van der Waals surface area contributed by atoms with Gasteiger partial charge in [0.25, 0.3) is 5.91 Å². The third-order valence-corrected chi connectivity index (χ3v) is 4.84. The van der Waals surface area contributed by atoms with Crippen LogP contribution in [0.4, 0.5) is 5.69 Å². The number of aryl methyl sites for hydroxylation is 4. The number of carbonyl (C=O) groups is 1. The molecule has 0 saturated carbocycles. The molecule has 30 heavy (non-hydrogen) atoms. The van der Waals surface area contributed by atoms with E-state index in [2.05, 4.69) is 33.6 Å². The largest absolute Gasteiger partial charge is 0.319 e. The van der Waals surface area contributed by atoms with E-state index in [4.69, 9.17) is 0 Å². The van der Waals surface area contributed by atoms with Crippen molar-refractivity contribution in [2.45, 2.75) is 26.7 Å². The second-order valence-corrected chi connectivity index (χ2v) is 7.42. The summed E-state index contributed by atoms with van der Waals surface area (Å²) in [6, 6.07) is 26.0. The minimum Gasteiger partial charge on any atom is -0.319 e. The Labute approximate surface area is 176 Å². The number of benzene rings is 3. The van der Waals surface area contributed by atoms with Crippen molar-refractivity contribution >= 4 is 11.6 Å². The lowest BCUT2D eigenvalue weighted by Gasteiger charge is -2.06. The molecular formula is C25H24N4O. The normalized spacial score (nSPS) is 10.7. The van der Waals surface area contributed by atoms with E-state index in [0.29, 0.717) is 6.42 Å². The van der Waals surface area contributed by atoms with E-state index in [1.807, 2.05) is 74.5 Å². The van der Waals surface area contributed by atoms with E-state index in [9.17, 15) is 4.79 Å². The van der Waals surface area contributed by atoms with Gasteiger partial charge >= 0.3 is 0 Å². The number of rotatable bonds is 6. The molecule has 0 fully saturated rings. The summed E-state index contributed by atoms with van der Waals surface area (Å²) < 4.78 is 1.76. The molecule has 0 unspecified atom stereocenters. The number of anilines is 1. The highest BCUT2D eigenvalue weighted by Gasteiger charge is 2.18. The smallest absolute Gasteiger partial charge is 0.295 e. The maximum absolute atomic E-state index is 12.9. The van der Waals surface area contributed by atoms with E-state index >= 15 is 0 Å². The Kier molecular flexibility index (Phi) is 5.70. The van der Waals surface area contributed by atoms with Crippen molar-refractivity contribution in [3.63, 3.8) is 0 Å². The highest BCUT2D eigenvalue weighted by molar-refractivity contribution is 6.01. The molecule has 0 saturated heterocycles. The number of para-hydroxylation sites is 1. The average Bonchev–Trinajstić information content (AvgIpc) is 3.17. The van der Waals surface area contributed by atoms with Crippen LogP contribution in [0.1, 0.15) is 33.1 Å². The fraction of sp³-hybridized carbons (Fsp3) is 0.160. The maximum atomic E-state index is 12.9. The van der Waals surface area contributed by atoms with Gasteiger partial charge in [0, 0.05) is 12.1 Å². The van der Waals surface area contributed by atoms with Crippen molar-refractivity contribution in [2.75, 3.05) is 5.32 Å². The van der Waals surface area contributed by atoms with E-state index in [1.54, 1.807) is 4.68 Å². The molecule has 1 aromatic heterocycles. The van der Waals surface area contributed by atoms with Crippen LogP contribution in [0.2, 0.25) is 0 Å². The molecule has 0 aliphatic rings. The Bertz CT molecular complexity index is 1130. The van der Waals surface area contributed by atoms with Crippen molar-refractivity contribution < 1.29 is 4.79 Å². The van der Waals surface area contributed by atoms with Gasteiger partial charge in [-0.1, -0.05) is 54.6 Å². The molecule has 1 heterocycles. The van der Waals surface area contributed by atoms with Crippen LogP contribution in [0.3, 0.4) is 0 Å². The fourth-order valence-corrected chi connectivity index (χ4v) is 3.51. The van der Waals surface area contributed by atoms with Crippen LogP contribution in [-0.2, 0) is 12.8 Å². The topological polar surface area (TPSA) is 59.8 Å². The summed E-state index contributed by atoms with van der Waals surface area (Å²) in [5.74, 6) is 0.618. The Morgan fingerprint density at radius 3 is 2.17 bits per heavy atom. The first-order valence-corrected chi connectivity index (χ1v) is 10.0. The monoisotopic (exact) mass is 396 g/mol. The summed E-state index contributed by atoms with van der Waals surface area (Å²) in [6.45, 7) is 4.01. The lowest BCUT2D eigenvalue weighted by molar-refractivity contribution is 0.101. The Morgan fingerprint density at radius 2 is 1.50 bits per heavy atom. The molecule has 0 radical (unpaired) electrons. The molecule has 0 atom stereocenters. The number of hydrogen-bond acceptors (Lipinski definition) is 3. The molecule has 1 N–H and O–H groups in total. The fourth-order valence-electron chi connectivity index (χ4n) is 3.51. The molecular weight excluding hydrogens is 372 g/mol. The zero-order valence-electron chi connectivity index (χ0n) is 17.2. The van der Waals surface area contributed by atoms with Crippen LogP contribution in [0, 0.1) is 13.8 Å². The van der Waals surface area contributed by atoms with Crippen molar-refractivity contribution in [1.29, 1.82) is 0 Å². The predicted octanol–water partition coefficient (Wildman–Crippen LogP) is 4.92. The summed E-state index contributed by atoms with van der Waals surface area (Å²) >= 11 is 0. The third kappa shape index (κ3) is 4.63. The molecule has 0 aliphatic heterocycles. The van der Waals surface area contributed by atoms with Crippen LogP contribution in [-0.4, -0.2) is 20.7 Å². The van der Waals surface area contributed by atoms with E-state index in [0.717, 1.165) is 34.7 Å². The lowest BCUT2D eigenvalue weighted by atomic mass is 10.1. The van der Waals surface area contributed by atoms with Gasteiger partial charge in [0.15, 0.2) is 0 Å². The second-order valence-electron chi connectivity index (χ2n) is 7.42. The predicted molar refractivity (Wildman–Crippen MR) is 119 cm³/mol. The molecule has 5 heteroatoms. The number of nitrogens with one attached hydrogen (secondary N) is 1. The molecule has 0 spiro atoms. The zero-order valence-corrected chi connectivity index (χ0v) is 17.2.